The fraction of sp³-hybridized carbons (Fsp3) is 0.455. The van der Waals surface area contributed by atoms with E-state index in [4.69, 9.17) is 0 Å². The molecule has 2 rings (SSSR count). The highest BCUT2D eigenvalue weighted by Crippen LogP contribution is 2.46. The van der Waals surface area contributed by atoms with Gasteiger partial charge in [0.25, 0.3) is 0 Å². The quantitative estimate of drug-likeness (QED) is 0.358. The first-order valence-electron chi connectivity index (χ1n) is 5.73. The summed E-state index contributed by atoms with van der Waals surface area (Å²) >= 11 is 2.79. The second-order valence-corrected chi connectivity index (χ2v) is 6.33. The molecule has 1 aliphatic rings. The zero-order valence-corrected chi connectivity index (χ0v) is 12.1. The summed E-state index contributed by atoms with van der Waals surface area (Å²) in [5.41, 5.74) is -0.908. The Morgan fingerprint density at radius 1 is 1.47 bits per heavy atom. The Labute approximate surface area is 119 Å². The summed E-state index contributed by atoms with van der Waals surface area (Å²) in [6.07, 6.45) is 2.93. The Bertz CT molecular complexity index is 511. The lowest BCUT2D eigenvalue weighted by Crippen LogP contribution is -2.38. The van der Waals surface area contributed by atoms with Gasteiger partial charge in [0, 0.05) is 12.8 Å². The number of rotatable bonds is 6. The Kier molecular flexibility index (Phi) is 4.20. The van der Waals surface area contributed by atoms with Crippen molar-refractivity contribution in [2.75, 3.05) is 18.1 Å². The molecule has 6 nitrogen and oxygen atoms in total. The van der Waals surface area contributed by atoms with Gasteiger partial charge in [0.1, 0.15) is 5.41 Å². The van der Waals surface area contributed by atoms with Crippen LogP contribution in [0, 0.1) is 5.41 Å². The van der Waals surface area contributed by atoms with Crippen molar-refractivity contribution in [3.8, 4) is 0 Å². The van der Waals surface area contributed by atoms with E-state index in [2.05, 4.69) is 27.4 Å². The average Bonchev–Trinajstić information content (AvgIpc) is 3.12. The maximum absolute atomic E-state index is 12.1. The van der Waals surface area contributed by atoms with E-state index in [-0.39, 0.29) is 11.8 Å². The van der Waals surface area contributed by atoms with Gasteiger partial charge in [-0.05, 0) is 12.8 Å². The van der Waals surface area contributed by atoms with E-state index in [0.29, 0.717) is 18.0 Å². The van der Waals surface area contributed by atoms with Gasteiger partial charge >= 0.3 is 0 Å². The fourth-order valence-corrected chi connectivity index (χ4v) is 3.10. The molecule has 0 bridgehead atoms. The molecule has 0 saturated heterocycles. The van der Waals surface area contributed by atoms with Crippen molar-refractivity contribution in [2.24, 2.45) is 5.41 Å². The van der Waals surface area contributed by atoms with Crippen LogP contribution in [0.15, 0.2) is 17.0 Å². The number of anilines is 1. The van der Waals surface area contributed by atoms with Gasteiger partial charge in [0.2, 0.25) is 16.9 Å². The van der Waals surface area contributed by atoms with Crippen LogP contribution < -0.4 is 10.6 Å². The number of nitrogens with one attached hydrogen (secondary N) is 2. The van der Waals surface area contributed by atoms with Crippen LogP contribution in [-0.4, -0.2) is 34.8 Å². The van der Waals surface area contributed by atoms with Crippen molar-refractivity contribution in [1.82, 2.24) is 15.5 Å². The largest absolute Gasteiger partial charge is 0.358 e. The van der Waals surface area contributed by atoms with Crippen molar-refractivity contribution in [2.45, 2.75) is 17.2 Å². The Morgan fingerprint density at radius 3 is 2.79 bits per heavy atom. The molecule has 2 N–H and O–H groups in total. The van der Waals surface area contributed by atoms with Gasteiger partial charge in [-0.2, -0.15) is 0 Å². The molecule has 0 unspecified atom stereocenters. The first-order chi connectivity index (χ1) is 9.12. The van der Waals surface area contributed by atoms with Crippen molar-refractivity contribution in [1.29, 1.82) is 0 Å². The average molecular weight is 298 g/mol. The molecule has 2 amide bonds. The van der Waals surface area contributed by atoms with Crippen LogP contribution in [0.2, 0.25) is 0 Å². The van der Waals surface area contributed by atoms with Gasteiger partial charge in [-0.1, -0.05) is 29.2 Å². The van der Waals surface area contributed by atoms with Crippen LogP contribution in [0.3, 0.4) is 0 Å². The van der Waals surface area contributed by atoms with E-state index in [1.807, 2.05) is 0 Å². The summed E-state index contributed by atoms with van der Waals surface area (Å²) in [5.74, 6) is 0.198. The van der Waals surface area contributed by atoms with E-state index in [1.165, 1.54) is 30.1 Å². The summed E-state index contributed by atoms with van der Waals surface area (Å²) in [6.45, 7) is 3.62. The Balaban J connectivity index is 1.97. The molecular formula is C11H14N4O2S2. The molecule has 0 radical (unpaired) electrons. The molecule has 0 aromatic carbocycles. The predicted molar refractivity (Wildman–Crippen MR) is 75.2 cm³/mol. The number of amides is 2. The summed E-state index contributed by atoms with van der Waals surface area (Å²) in [4.78, 5) is 23.7. The SMILES string of the molecule is C=CCSc1nnc(NC(=O)C2(C(=O)NC)CC2)s1. The van der Waals surface area contributed by atoms with Crippen molar-refractivity contribution < 1.29 is 9.59 Å². The van der Waals surface area contributed by atoms with Gasteiger partial charge < -0.3 is 5.32 Å². The first kappa shape index (κ1) is 14.0. The summed E-state index contributed by atoms with van der Waals surface area (Å²) in [7, 11) is 1.53. The minimum Gasteiger partial charge on any atom is -0.358 e. The number of aromatic nitrogens is 2. The van der Waals surface area contributed by atoms with Gasteiger partial charge in [-0.15, -0.1) is 16.8 Å². The second-order valence-electron chi connectivity index (χ2n) is 4.09. The van der Waals surface area contributed by atoms with E-state index < -0.39 is 5.41 Å². The molecule has 0 atom stereocenters. The van der Waals surface area contributed by atoms with Crippen LogP contribution in [0.25, 0.3) is 0 Å². The molecule has 1 saturated carbocycles. The predicted octanol–water partition coefficient (Wildman–Crippen LogP) is 1.28. The topological polar surface area (TPSA) is 84.0 Å². The summed E-state index contributed by atoms with van der Waals surface area (Å²) < 4.78 is 0.764. The Morgan fingerprint density at radius 2 is 2.21 bits per heavy atom. The number of carbonyl (C=O) groups excluding carboxylic acids is 2. The van der Waals surface area contributed by atoms with Gasteiger partial charge in [0.05, 0.1) is 0 Å². The maximum Gasteiger partial charge on any atom is 0.241 e. The molecule has 8 heteroatoms. The van der Waals surface area contributed by atoms with Gasteiger partial charge in [0.15, 0.2) is 4.34 Å². The zero-order valence-electron chi connectivity index (χ0n) is 10.4. The zero-order chi connectivity index (χ0) is 13.9. The first-order valence-corrected chi connectivity index (χ1v) is 7.53. The van der Waals surface area contributed by atoms with Crippen molar-refractivity contribution in [3.05, 3.63) is 12.7 Å². The van der Waals surface area contributed by atoms with Crippen molar-refractivity contribution in [3.63, 3.8) is 0 Å². The highest BCUT2D eigenvalue weighted by molar-refractivity contribution is 8.01. The highest BCUT2D eigenvalue weighted by atomic mass is 32.2. The number of hydrogen-bond acceptors (Lipinski definition) is 6. The third-order valence-electron chi connectivity index (χ3n) is 2.80. The monoisotopic (exact) mass is 298 g/mol. The van der Waals surface area contributed by atoms with Crippen LogP contribution in [0.5, 0.6) is 0 Å². The molecule has 1 heterocycles. The van der Waals surface area contributed by atoms with E-state index in [0.717, 1.165) is 10.1 Å². The molecule has 0 spiro atoms. The molecule has 0 aliphatic heterocycles. The highest BCUT2D eigenvalue weighted by Gasteiger charge is 2.56. The standard InChI is InChI=1S/C11H14N4O2S2/c1-3-6-18-10-15-14-9(19-10)13-8(17)11(4-5-11)7(16)12-2/h3H,1,4-6H2,2H3,(H,12,16)(H,13,14,17). The molecular weight excluding hydrogens is 284 g/mol. The molecule has 19 heavy (non-hydrogen) atoms. The number of carbonyl (C=O) groups is 2. The molecule has 1 fully saturated rings. The maximum atomic E-state index is 12.1. The Hall–Kier alpha value is -1.41. The molecule has 1 aromatic heterocycles. The lowest BCUT2D eigenvalue weighted by atomic mass is 10.1. The van der Waals surface area contributed by atoms with Crippen LogP contribution in [0.1, 0.15) is 12.8 Å². The second kappa shape index (κ2) is 5.70. The fourth-order valence-electron chi connectivity index (χ4n) is 1.59. The van der Waals surface area contributed by atoms with E-state index in [1.54, 1.807) is 6.08 Å². The van der Waals surface area contributed by atoms with Gasteiger partial charge in [-0.25, -0.2) is 0 Å². The van der Waals surface area contributed by atoms with Crippen LogP contribution in [0.4, 0.5) is 5.13 Å². The molecule has 1 aliphatic carbocycles. The normalized spacial score (nSPS) is 15.6. The minimum absolute atomic E-state index is 0.240. The van der Waals surface area contributed by atoms with Crippen LogP contribution in [-0.2, 0) is 9.59 Å². The molecule has 102 valence electrons. The third kappa shape index (κ3) is 2.95. The molecule has 1 aromatic rings. The number of hydrogen-bond donors (Lipinski definition) is 2. The van der Waals surface area contributed by atoms with Crippen LogP contribution >= 0.6 is 23.1 Å². The van der Waals surface area contributed by atoms with Crippen molar-refractivity contribution >= 4 is 40.0 Å². The minimum atomic E-state index is -0.908. The summed E-state index contributed by atoms with van der Waals surface area (Å²) in [6, 6.07) is 0. The number of nitrogens with zero attached hydrogens (tertiary/aromatic N) is 2. The smallest absolute Gasteiger partial charge is 0.241 e. The van der Waals surface area contributed by atoms with E-state index in [9.17, 15) is 9.59 Å². The summed E-state index contributed by atoms with van der Waals surface area (Å²) in [5, 5.41) is 13.4. The number of thioether (sulfide) groups is 1. The third-order valence-corrected chi connectivity index (χ3v) is 4.77. The van der Waals surface area contributed by atoms with Gasteiger partial charge in [-0.3, -0.25) is 14.9 Å². The van der Waals surface area contributed by atoms with E-state index >= 15 is 0 Å². The lowest BCUT2D eigenvalue weighted by molar-refractivity contribution is -0.134. The lowest BCUT2D eigenvalue weighted by Gasteiger charge is -2.11.